The first-order valence-corrected chi connectivity index (χ1v) is 8.36. The molecule has 1 aliphatic heterocycles. The van der Waals surface area contributed by atoms with Gasteiger partial charge in [-0.2, -0.15) is 5.26 Å². The molecule has 1 saturated heterocycles. The van der Waals surface area contributed by atoms with Crippen LogP contribution in [0.25, 0.3) is 0 Å². The number of carbonyl (C=O) groups excluding carboxylic acids is 1. The van der Waals surface area contributed by atoms with E-state index in [1.165, 1.54) is 0 Å². The number of amides is 1. The van der Waals surface area contributed by atoms with Gasteiger partial charge in [-0.1, -0.05) is 17.3 Å². The molecule has 1 aromatic carbocycles. The van der Waals surface area contributed by atoms with Gasteiger partial charge in [-0.3, -0.25) is 4.79 Å². The highest BCUT2D eigenvalue weighted by Gasteiger charge is 2.27. The van der Waals surface area contributed by atoms with Crippen LogP contribution in [-0.4, -0.2) is 46.0 Å². The van der Waals surface area contributed by atoms with E-state index in [0.29, 0.717) is 31.6 Å². The standard InChI is InChI=1S/C18H21N5O2/c1-25-13-16-11-23(21-20-16)17-8-9-22(12-17)18(24)7-6-14-2-4-15(10-19)5-3-14/h2-5,11,17H,6-9,12-13H2,1H3. The van der Waals surface area contributed by atoms with Crippen LogP contribution >= 0.6 is 0 Å². The molecule has 25 heavy (non-hydrogen) atoms. The molecule has 7 heteroatoms. The quantitative estimate of drug-likeness (QED) is 0.800. The molecule has 0 radical (unpaired) electrons. The number of likely N-dealkylation sites (tertiary alicyclic amines) is 1. The van der Waals surface area contributed by atoms with Crippen LogP contribution in [-0.2, 0) is 22.6 Å². The Morgan fingerprint density at radius 1 is 1.40 bits per heavy atom. The second-order valence-electron chi connectivity index (χ2n) is 6.21. The van der Waals surface area contributed by atoms with E-state index in [4.69, 9.17) is 10.00 Å². The van der Waals surface area contributed by atoms with Gasteiger partial charge in [0.2, 0.25) is 5.91 Å². The van der Waals surface area contributed by atoms with Crippen LogP contribution in [0.1, 0.15) is 35.7 Å². The molecule has 3 rings (SSSR count). The molecule has 0 bridgehead atoms. The van der Waals surface area contributed by atoms with Crippen molar-refractivity contribution in [2.75, 3.05) is 20.2 Å². The lowest BCUT2D eigenvalue weighted by molar-refractivity contribution is -0.130. The third-order valence-electron chi connectivity index (χ3n) is 4.45. The highest BCUT2D eigenvalue weighted by molar-refractivity contribution is 5.76. The number of rotatable bonds is 6. The topological polar surface area (TPSA) is 84.0 Å². The van der Waals surface area contributed by atoms with Gasteiger partial charge in [0.05, 0.1) is 30.5 Å². The summed E-state index contributed by atoms with van der Waals surface area (Å²) in [6.07, 6.45) is 3.94. The minimum absolute atomic E-state index is 0.157. The van der Waals surface area contributed by atoms with Crippen molar-refractivity contribution in [3.05, 3.63) is 47.3 Å². The number of nitriles is 1. The van der Waals surface area contributed by atoms with Gasteiger partial charge in [-0.15, -0.1) is 5.10 Å². The van der Waals surface area contributed by atoms with Crippen LogP contribution in [0.3, 0.4) is 0 Å². The summed E-state index contributed by atoms with van der Waals surface area (Å²) in [5.74, 6) is 0.157. The number of benzene rings is 1. The van der Waals surface area contributed by atoms with Crippen LogP contribution in [0.2, 0.25) is 0 Å². The maximum atomic E-state index is 12.4. The Hall–Kier alpha value is -2.72. The van der Waals surface area contributed by atoms with E-state index in [1.54, 1.807) is 19.2 Å². The van der Waals surface area contributed by atoms with Gasteiger partial charge in [0.1, 0.15) is 5.69 Å². The average Bonchev–Trinajstić information content (AvgIpc) is 3.30. The van der Waals surface area contributed by atoms with Crippen molar-refractivity contribution in [3.8, 4) is 6.07 Å². The Balaban J connectivity index is 1.50. The van der Waals surface area contributed by atoms with Crippen LogP contribution in [0.5, 0.6) is 0 Å². The van der Waals surface area contributed by atoms with Crippen molar-refractivity contribution >= 4 is 5.91 Å². The highest BCUT2D eigenvalue weighted by atomic mass is 16.5. The van der Waals surface area contributed by atoms with E-state index in [-0.39, 0.29) is 11.9 Å². The Bertz CT molecular complexity index is 763. The molecule has 1 fully saturated rings. The van der Waals surface area contributed by atoms with E-state index in [2.05, 4.69) is 16.4 Å². The van der Waals surface area contributed by atoms with E-state index < -0.39 is 0 Å². The number of hydrogen-bond acceptors (Lipinski definition) is 5. The Labute approximate surface area is 146 Å². The summed E-state index contributed by atoms with van der Waals surface area (Å²) in [6.45, 7) is 1.86. The summed E-state index contributed by atoms with van der Waals surface area (Å²) in [5, 5.41) is 17.0. The van der Waals surface area contributed by atoms with Crippen molar-refractivity contribution in [1.29, 1.82) is 5.26 Å². The predicted molar refractivity (Wildman–Crippen MR) is 90.4 cm³/mol. The fourth-order valence-corrected chi connectivity index (χ4v) is 3.05. The van der Waals surface area contributed by atoms with E-state index >= 15 is 0 Å². The van der Waals surface area contributed by atoms with Gasteiger partial charge in [-0.05, 0) is 30.5 Å². The highest BCUT2D eigenvalue weighted by Crippen LogP contribution is 2.22. The first-order chi connectivity index (χ1) is 12.2. The number of carbonyl (C=O) groups is 1. The average molecular weight is 339 g/mol. The van der Waals surface area contributed by atoms with Gasteiger partial charge in [0.25, 0.3) is 0 Å². The molecule has 7 nitrogen and oxygen atoms in total. The second-order valence-corrected chi connectivity index (χ2v) is 6.21. The van der Waals surface area contributed by atoms with E-state index in [9.17, 15) is 4.79 Å². The Morgan fingerprint density at radius 3 is 2.92 bits per heavy atom. The number of aryl methyl sites for hydroxylation is 1. The van der Waals surface area contributed by atoms with Crippen molar-refractivity contribution in [1.82, 2.24) is 19.9 Å². The first kappa shape index (κ1) is 17.1. The third kappa shape index (κ3) is 4.22. The molecule has 1 amide bonds. The molecule has 2 heterocycles. The number of hydrogen-bond donors (Lipinski definition) is 0. The predicted octanol–water partition coefficient (Wildman–Crippen LogP) is 1.70. The zero-order chi connectivity index (χ0) is 17.6. The zero-order valence-corrected chi connectivity index (χ0v) is 14.3. The molecular formula is C18H21N5O2. The maximum absolute atomic E-state index is 12.4. The lowest BCUT2D eigenvalue weighted by Gasteiger charge is -2.16. The minimum Gasteiger partial charge on any atom is -0.378 e. The van der Waals surface area contributed by atoms with Crippen LogP contribution in [0, 0.1) is 11.3 Å². The third-order valence-corrected chi connectivity index (χ3v) is 4.45. The zero-order valence-electron chi connectivity index (χ0n) is 14.3. The maximum Gasteiger partial charge on any atom is 0.222 e. The van der Waals surface area contributed by atoms with Crippen LogP contribution < -0.4 is 0 Å². The molecule has 130 valence electrons. The van der Waals surface area contributed by atoms with Gasteiger partial charge in [0, 0.05) is 26.6 Å². The van der Waals surface area contributed by atoms with Crippen molar-refractivity contribution in [2.45, 2.75) is 31.9 Å². The summed E-state index contributed by atoms with van der Waals surface area (Å²) >= 11 is 0. The van der Waals surface area contributed by atoms with Gasteiger partial charge < -0.3 is 9.64 Å². The molecule has 0 N–H and O–H groups in total. The number of methoxy groups -OCH3 is 1. The first-order valence-electron chi connectivity index (χ1n) is 8.36. The molecule has 1 aromatic heterocycles. The van der Waals surface area contributed by atoms with E-state index in [1.807, 2.05) is 27.9 Å². The molecule has 1 atom stereocenters. The largest absolute Gasteiger partial charge is 0.378 e. The summed E-state index contributed by atoms with van der Waals surface area (Å²) in [5.41, 5.74) is 2.51. The molecule has 0 spiro atoms. The molecule has 1 unspecified atom stereocenters. The molecule has 0 aliphatic carbocycles. The Kier molecular flexibility index (Phi) is 5.41. The molecule has 1 aliphatic rings. The fourth-order valence-electron chi connectivity index (χ4n) is 3.05. The summed E-state index contributed by atoms with van der Waals surface area (Å²) in [6, 6.07) is 9.66. The molecule has 0 saturated carbocycles. The van der Waals surface area contributed by atoms with Gasteiger partial charge >= 0.3 is 0 Å². The lowest BCUT2D eigenvalue weighted by atomic mass is 10.1. The van der Waals surface area contributed by atoms with Crippen LogP contribution in [0.4, 0.5) is 0 Å². The molecule has 2 aromatic rings. The number of aromatic nitrogens is 3. The van der Waals surface area contributed by atoms with Crippen molar-refractivity contribution < 1.29 is 9.53 Å². The van der Waals surface area contributed by atoms with Crippen molar-refractivity contribution in [3.63, 3.8) is 0 Å². The summed E-state index contributed by atoms with van der Waals surface area (Å²) < 4.78 is 6.89. The van der Waals surface area contributed by atoms with Gasteiger partial charge in [-0.25, -0.2) is 4.68 Å². The van der Waals surface area contributed by atoms with Crippen molar-refractivity contribution in [2.24, 2.45) is 0 Å². The van der Waals surface area contributed by atoms with Gasteiger partial charge in [0.15, 0.2) is 0 Å². The molecular weight excluding hydrogens is 318 g/mol. The summed E-state index contributed by atoms with van der Waals surface area (Å²) in [4.78, 5) is 14.3. The lowest BCUT2D eigenvalue weighted by Crippen LogP contribution is -2.29. The Morgan fingerprint density at radius 2 is 2.20 bits per heavy atom. The number of nitrogens with zero attached hydrogens (tertiary/aromatic N) is 5. The SMILES string of the molecule is COCc1cn(C2CCN(C(=O)CCc3ccc(C#N)cc3)C2)nn1. The summed E-state index contributed by atoms with van der Waals surface area (Å²) in [7, 11) is 1.63. The minimum atomic E-state index is 0.157. The smallest absolute Gasteiger partial charge is 0.222 e. The monoisotopic (exact) mass is 339 g/mol. The second kappa shape index (κ2) is 7.90. The van der Waals surface area contributed by atoms with E-state index in [0.717, 1.165) is 24.2 Å². The normalized spacial score (nSPS) is 16.8. The fraction of sp³-hybridized carbons (Fsp3) is 0.444. The number of ether oxygens (including phenoxy) is 1. The van der Waals surface area contributed by atoms with Crippen LogP contribution in [0.15, 0.2) is 30.5 Å².